The van der Waals surface area contributed by atoms with Gasteiger partial charge in [-0.1, -0.05) is 29.6 Å². The number of aliphatic imine (C=N–C) groups is 1. The van der Waals surface area contributed by atoms with E-state index in [1.54, 1.807) is 34.9 Å². The number of thiophene rings is 1. The van der Waals surface area contributed by atoms with E-state index >= 15 is 0 Å². The van der Waals surface area contributed by atoms with Gasteiger partial charge in [0.2, 0.25) is 5.89 Å². The van der Waals surface area contributed by atoms with Crippen LogP contribution in [0.3, 0.4) is 0 Å². The Morgan fingerprint density at radius 3 is 3.11 bits per heavy atom. The summed E-state index contributed by atoms with van der Waals surface area (Å²) in [5.74, 6) is 2.35. The van der Waals surface area contributed by atoms with Crippen LogP contribution in [0.5, 0.6) is 0 Å². The van der Waals surface area contributed by atoms with Crippen molar-refractivity contribution in [3.05, 3.63) is 23.4 Å². The summed E-state index contributed by atoms with van der Waals surface area (Å²) in [6.45, 7) is 2.99. The summed E-state index contributed by atoms with van der Waals surface area (Å²) in [6.07, 6.45) is 0. The van der Waals surface area contributed by atoms with E-state index in [1.165, 1.54) is 0 Å². The van der Waals surface area contributed by atoms with Crippen molar-refractivity contribution in [2.45, 2.75) is 12.2 Å². The molecule has 7 heteroatoms. The largest absolute Gasteiger partial charge is 0.419 e. The van der Waals surface area contributed by atoms with E-state index in [0.717, 1.165) is 21.6 Å². The molecule has 0 saturated heterocycles. The molecule has 1 aliphatic heterocycles. The van der Waals surface area contributed by atoms with Crippen LogP contribution in [0, 0.1) is 0 Å². The highest BCUT2D eigenvalue weighted by Crippen LogP contribution is 2.35. The maximum absolute atomic E-state index is 5.70. The van der Waals surface area contributed by atoms with Gasteiger partial charge in [0.15, 0.2) is 0 Å². The maximum atomic E-state index is 5.70. The van der Waals surface area contributed by atoms with Crippen LogP contribution in [-0.4, -0.2) is 26.9 Å². The molecule has 2 aromatic rings. The summed E-state index contributed by atoms with van der Waals surface area (Å²) in [5, 5.41) is 10.4. The van der Waals surface area contributed by atoms with Crippen molar-refractivity contribution in [3.8, 4) is 10.8 Å². The molecule has 0 bridgehead atoms. The third kappa shape index (κ3) is 2.62. The van der Waals surface area contributed by atoms with Crippen molar-refractivity contribution in [2.75, 3.05) is 12.3 Å². The van der Waals surface area contributed by atoms with Gasteiger partial charge in [0, 0.05) is 5.75 Å². The fourth-order valence-electron chi connectivity index (χ4n) is 1.49. The van der Waals surface area contributed by atoms with Gasteiger partial charge in [-0.3, -0.25) is 4.99 Å². The second-order valence-electron chi connectivity index (χ2n) is 3.68. The van der Waals surface area contributed by atoms with E-state index in [0.29, 0.717) is 11.8 Å². The molecule has 0 aromatic carbocycles. The Bertz CT molecular complexity index is 550. The van der Waals surface area contributed by atoms with Crippen LogP contribution in [-0.2, 0) is 0 Å². The van der Waals surface area contributed by atoms with Gasteiger partial charge < -0.3 is 4.42 Å². The monoisotopic (exact) mass is 297 g/mol. The number of hydrogen-bond acceptors (Lipinski definition) is 7. The van der Waals surface area contributed by atoms with Crippen molar-refractivity contribution < 1.29 is 4.42 Å². The molecule has 94 valence electrons. The van der Waals surface area contributed by atoms with Gasteiger partial charge in [-0.15, -0.1) is 21.5 Å². The second kappa shape index (κ2) is 5.46. The molecule has 2 aromatic heterocycles. The van der Waals surface area contributed by atoms with Crippen LogP contribution in [0.2, 0.25) is 0 Å². The van der Waals surface area contributed by atoms with E-state index in [4.69, 9.17) is 4.42 Å². The summed E-state index contributed by atoms with van der Waals surface area (Å²) in [6, 6.07) is 3.96. The molecule has 1 unspecified atom stereocenters. The third-order valence-corrected chi connectivity index (χ3v) is 5.50. The van der Waals surface area contributed by atoms with Crippen LogP contribution in [0.1, 0.15) is 18.1 Å². The van der Waals surface area contributed by atoms with E-state index < -0.39 is 0 Å². The Morgan fingerprint density at radius 2 is 2.39 bits per heavy atom. The molecular formula is C11H11N3OS3. The highest BCUT2D eigenvalue weighted by molar-refractivity contribution is 8.39. The molecule has 0 radical (unpaired) electrons. The molecule has 0 N–H and O–H groups in total. The molecule has 1 atom stereocenters. The van der Waals surface area contributed by atoms with Crippen LogP contribution < -0.4 is 0 Å². The molecule has 3 rings (SSSR count). The van der Waals surface area contributed by atoms with Crippen molar-refractivity contribution in [1.29, 1.82) is 0 Å². The van der Waals surface area contributed by atoms with Gasteiger partial charge in [0.05, 0.1) is 16.7 Å². The molecule has 4 nitrogen and oxygen atoms in total. The Balaban J connectivity index is 1.72. The van der Waals surface area contributed by atoms with Crippen molar-refractivity contribution in [1.82, 2.24) is 10.2 Å². The van der Waals surface area contributed by atoms with Crippen molar-refractivity contribution >= 4 is 39.2 Å². The zero-order chi connectivity index (χ0) is 12.4. The fourth-order valence-corrected chi connectivity index (χ4v) is 4.29. The maximum Gasteiger partial charge on any atom is 0.257 e. The SMILES string of the molecule is CC(SC1=NCCS1)c1nnc(-c2cccs2)o1. The van der Waals surface area contributed by atoms with Gasteiger partial charge in [0.1, 0.15) is 4.38 Å². The Labute approximate surface area is 117 Å². The van der Waals surface area contributed by atoms with E-state index in [2.05, 4.69) is 22.1 Å². The highest BCUT2D eigenvalue weighted by Gasteiger charge is 2.19. The van der Waals surface area contributed by atoms with Crippen LogP contribution >= 0.6 is 34.9 Å². The van der Waals surface area contributed by atoms with Gasteiger partial charge in [0.25, 0.3) is 5.89 Å². The summed E-state index contributed by atoms with van der Waals surface area (Å²) in [4.78, 5) is 5.43. The average Bonchev–Trinajstić information content (AvgIpc) is 3.11. The Kier molecular flexibility index (Phi) is 3.72. The van der Waals surface area contributed by atoms with E-state index in [-0.39, 0.29) is 5.25 Å². The van der Waals surface area contributed by atoms with Crippen LogP contribution in [0.4, 0.5) is 0 Å². The molecule has 0 aliphatic carbocycles. The first-order valence-corrected chi connectivity index (χ1v) is 8.28. The number of rotatable bonds is 3. The van der Waals surface area contributed by atoms with Crippen LogP contribution in [0.15, 0.2) is 26.9 Å². The lowest BCUT2D eigenvalue weighted by Crippen LogP contribution is -1.92. The zero-order valence-electron chi connectivity index (χ0n) is 9.70. The standard InChI is InChI=1S/C11H11N3OS3/c1-7(18-11-12-4-6-17-11)9-13-14-10(15-9)8-3-2-5-16-8/h2-3,5,7H,4,6H2,1H3. The summed E-state index contributed by atoms with van der Waals surface area (Å²) < 4.78 is 6.83. The summed E-state index contributed by atoms with van der Waals surface area (Å²) in [7, 11) is 0. The third-order valence-electron chi connectivity index (χ3n) is 2.36. The molecule has 0 fully saturated rings. The minimum atomic E-state index is 0.149. The van der Waals surface area contributed by atoms with Crippen LogP contribution in [0.25, 0.3) is 10.8 Å². The smallest absolute Gasteiger partial charge is 0.257 e. The molecule has 3 heterocycles. The summed E-state index contributed by atoms with van der Waals surface area (Å²) >= 11 is 5.09. The number of nitrogens with zero attached hydrogens (tertiary/aromatic N) is 3. The lowest BCUT2D eigenvalue weighted by atomic mass is 10.5. The number of aromatic nitrogens is 2. The first-order chi connectivity index (χ1) is 8.83. The molecule has 1 aliphatic rings. The molecule has 0 spiro atoms. The van der Waals surface area contributed by atoms with Gasteiger partial charge >= 0.3 is 0 Å². The first-order valence-electron chi connectivity index (χ1n) is 5.54. The van der Waals surface area contributed by atoms with Crippen molar-refractivity contribution in [3.63, 3.8) is 0 Å². The fraction of sp³-hybridized carbons (Fsp3) is 0.364. The van der Waals surface area contributed by atoms with Gasteiger partial charge in [-0.2, -0.15) is 0 Å². The lowest BCUT2D eigenvalue weighted by Gasteiger charge is -2.04. The Morgan fingerprint density at radius 1 is 1.44 bits per heavy atom. The summed E-state index contributed by atoms with van der Waals surface area (Å²) in [5.41, 5.74) is 0. The predicted molar refractivity (Wildman–Crippen MR) is 78.4 cm³/mol. The Hall–Kier alpha value is -0.790. The minimum absolute atomic E-state index is 0.149. The quantitative estimate of drug-likeness (QED) is 0.864. The predicted octanol–water partition coefficient (Wildman–Crippen LogP) is 3.70. The number of hydrogen-bond donors (Lipinski definition) is 0. The highest BCUT2D eigenvalue weighted by atomic mass is 32.2. The zero-order valence-corrected chi connectivity index (χ0v) is 12.1. The molecular weight excluding hydrogens is 286 g/mol. The lowest BCUT2D eigenvalue weighted by molar-refractivity contribution is 0.511. The van der Waals surface area contributed by atoms with Gasteiger partial charge in [-0.25, -0.2) is 0 Å². The molecule has 0 amide bonds. The van der Waals surface area contributed by atoms with E-state index in [1.807, 2.05) is 17.5 Å². The molecule has 0 saturated carbocycles. The van der Waals surface area contributed by atoms with E-state index in [9.17, 15) is 0 Å². The van der Waals surface area contributed by atoms with Crippen molar-refractivity contribution in [2.24, 2.45) is 4.99 Å². The minimum Gasteiger partial charge on any atom is -0.419 e. The topological polar surface area (TPSA) is 51.3 Å². The first kappa shape index (κ1) is 12.3. The van der Waals surface area contributed by atoms with Gasteiger partial charge in [-0.05, 0) is 18.4 Å². The normalized spacial score (nSPS) is 16.8. The molecule has 18 heavy (non-hydrogen) atoms. The average molecular weight is 297 g/mol. The number of thioether (sulfide) groups is 2. The second-order valence-corrected chi connectivity index (χ2v) is 7.30.